The first kappa shape index (κ1) is 12.6. The Hall–Kier alpha value is -1.51. The molecule has 16 heavy (non-hydrogen) atoms. The summed E-state index contributed by atoms with van der Waals surface area (Å²) in [4.78, 5) is 11.1. The maximum absolute atomic E-state index is 11.1. The third-order valence-corrected chi connectivity index (χ3v) is 2.75. The minimum atomic E-state index is -0.298. The molecule has 1 unspecified atom stereocenters. The van der Waals surface area contributed by atoms with Crippen LogP contribution in [0.15, 0.2) is 24.3 Å². The molecular weight excluding hydrogens is 202 g/mol. The molecule has 3 N–H and O–H groups in total. The number of nitrogens with two attached hydrogens (primary N) is 1. The van der Waals surface area contributed by atoms with E-state index in [1.54, 1.807) is 12.1 Å². The van der Waals surface area contributed by atoms with E-state index in [0.29, 0.717) is 6.42 Å². The van der Waals surface area contributed by atoms with Crippen LogP contribution in [-0.2, 0) is 4.79 Å². The van der Waals surface area contributed by atoms with Gasteiger partial charge in [0.15, 0.2) is 0 Å². The predicted octanol–water partition coefficient (Wildman–Crippen LogP) is 2.40. The highest BCUT2D eigenvalue weighted by Crippen LogP contribution is 2.37. The molecule has 1 amide bonds. The number of amides is 1. The minimum absolute atomic E-state index is 0.0357. The average Bonchev–Trinajstić information content (AvgIpc) is 2.14. The summed E-state index contributed by atoms with van der Waals surface area (Å²) in [5, 5.41) is 9.23. The fourth-order valence-electron chi connectivity index (χ4n) is 1.83. The molecule has 0 aliphatic rings. The van der Waals surface area contributed by atoms with Gasteiger partial charge in [-0.2, -0.15) is 0 Å². The van der Waals surface area contributed by atoms with Crippen LogP contribution in [0.5, 0.6) is 5.75 Å². The predicted molar refractivity (Wildman–Crippen MR) is 64.1 cm³/mol. The molecule has 1 aromatic carbocycles. The quantitative estimate of drug-likeness (QED) is 0.823. The Kier molecular flexibility index (Phi) is 3.58. The number of benzene rings is 1. The number of carbonyl (C=O) groups is 1. The lowest BCUT2D eigenvalue weighted by atomic mass is 9.74. The van der Waals surface area contributed by atoms with Gasteiger partial charge in [0.1, 0.15) is 5.75 Å². The van der Waals surface area contributed by atoms with Crippen LogP contribution in [0.25, 0.3) is 0 Å². The molecule has 0 spiro atoms. The Balaban J connectivity index is 3.01. The van der Waals surface area contributed by atoms with Gasteiger partial charge >= 0.3 is 0 Å². The van der Waals surface area contributed by atoms with E-state index < -0.39 is 0 Å². The number of phenolic OH excluding ortho intramolecular Hbond substituents is 1. The molecule has 0 heterocycles. The standard InChI is InChI=1S/C13H19NO2/c1-13(2,3)11(8-12(14)16)9-4-6-10(15)7-5-9/h4-7,11,15H,8H2,1-3H3,(H2,14,16). The van der Waals surface area contributed by atoms with Crippen LogP contribution in [0.1, 0.15) is 38.7 Å². The van der Waals surface area contributed by atoms with Gasteiger partial charge in [-0.05, 0) is 29.0 Å². The van der Waals surface area contributed by atoms with Crippen molar-refractivity contribution in [1.29, 1.82) is 0 Å². The molecule has 0 saturated carbocycles. The molecule has 1 rings (SSSR count). The number of primary amides is 1. The summed E-state index contributed by atoms with van der Waals surface area (Å²) < 4.78 is 0. The maximum Gasteiger partial charge on any atom is 0.218 e. The number of carbonyl (C=O) groups excluding carboxylic acids is 1. The largest absolute Gasteiger partial charge is 0.508 e. The Labute approximate surface area is 96.3 Å². The molecule has 0 saturated heterocycles. The number of hydrogen-bond donors (Lipinski definition) is 2. The van der Waals surface area contributed by atoms with E-state index in [9.17, 15) is 9.90 Å². The Morgan fingerprint density at radius 1 is 1.31 bits per heavy atom. The molecule has 1 aromatic rings. The smallest absolute Gasteiger partial charge is 0.218 e. The van der Waals surface area contributed by atoms with Crippen molar-refractivity contribution in [2.75, 3.05) is 0 Å². The third kappa shape index (κ3) is 3.26. The van der Waals surface area contributed by atoms with Crippen molar-refractivity contribution in [1.82, 2.24) is 0 Å². The van der Waals surface area contributed by atoms with Crippen LogP contribution >= 0.6 is 0 Å². The lowest BCUT2D eigenvalue weighted by molar-refractivity contribution is -0.118. The fourth-order valence-corrected chi connectivity index (χ4v) is 1.83. The number of rotatable bonds is 3. The van der Waals surface area contributed by atoms with Gasteiger partial charge in [-0.3, -0.25) is 4.79 Å². The minimum Gasteiger partial charge on any atom is -0.508 e. The highest BCUT2D eigenvalue weighted by atomic mass is 16.3. The lowest BCUT2D eigenvalue weighted by Crippen LogP contribution is -2.24. The van der Waals surface area contributed by atoms with Crippen molar-refractivity contribution in [3.63, 3.8) is 0 Å². The zero-order valence-corrected chi connectivity index (χ0v) is 10.0. The van der Waals surface area contributed by atoms with E-state index in [4.69, 9.17) is 5.73 Å². The summed E-state index contributed by atoms with van der Waals surface area (Å²) in [6.07, 6.45) is 0.328. The normalized spacial score (nSPS) is 13.4. The zero-order chi connectivity index (χ0) is 12.3. The van der Waals surface area contributed by atoms with Crippen molar-refractivity contribution < 1.29 is 9.90 Å². The van der Waals surface area contributed by atoms with Gasteiger partial charge in [-0.25, -0.2) is 0 Å². The molecule has 88 valence electrons. The highest BCUT2D eigenvalue weighted by molar-refractivity contribution is 5.75. The number of hydrogen-bond acceptors (Lipinski definition) is 2. The average molecular weight is 221 g/mol. The molecule has 0 fully saturated rings. The Bertz CT molecular complexity index is 363. The van der Waals surface area contributed by atoms with Gasteiger partial charge in [0.25, 0.3) is 0 Å². The van der Waals surface area contributed by atoms with E-state index in [1.807, 2.05) is 12.1 Å². The first-order chi connectivity index (χ1) is 7.30. The SMILES string of the molecule is CC(C)(C)C(CC(N)=O)c1ccc(O)cc1. The second-order valence-electron chi connectivity index (χ2n) is 5.18. The second-order valence-corrected chi connectivity index (χ2v) is 5.18. The number of phenols is 1. The van der Waals surface area contributed by atoms with E-state index in [-0.39, 0.29) is 23.0 Å². The van der Waals surface area contributed by atoms with E-state index in [2.05, 4.69) is 20.8 Å². The molecule has 3 nitrogen and oxygen atoms in total. The van der Waals surface area contributed by atoms with Crippen molar-refractivity contribution in [2.24, 2.45) is 11.1 Å². The zero-order valence-electron chi connectivity index (χ0n) is 10.0. The first-order valence-corrected chi connectivity index (χ1v) is 5.38. The van der Waals surface area contributed by atoms with Gasteiger partial charge in [-0.1, -0.05) is 32.9 Å². The van der Waals surface area contributed by atoms with Crippen LogP contribution in [0.2, 0.25) is 0 Å². The number of aromatic hydroxyl groups is 1. The summed E-state index contributed by atoms with van der Waals surface area (Å²) in [5.74, 6) is 0.00841. The summed E-state index contributed by atoms with van der Waals surface area (Å²) in [5.41, 5.74) is 6.26. The lowest BCUT2D eigenvalue weighted by Gasteiger charge is -2.30. The van der Waals surface area contributed by atoms with Crippen LogP contribution in [0, 0.1) is 5.41 Å². The summed E-state index contributed by atoms with van der Waals surface area (Å²) in [6.45, 7) is 6.23. The van der Waals surface area contributed by atoms with Crippen LogP contribution in [-0.4, -0.2) is 11.0 Å². The highest BCUT2D eigenvalue weighted by Gasteiger charge is 2.27. The molecule has 0 radical (unpaired) electrons. The van der Waals surface area contributed by atoms with Crippen LogP contribution in [0.3, 0.4) is 0 Å². The summed E-state index contributed by atoms with van der Waals surface area (Å²) >= 11 is 0. The third-order valence-electron chi connectivity index (χ3n) is 2.75. The molecule has 0 aliphatic carbocycles. The Morgan fingerprint density at radius 3 is 2.19 bits per heavy atom. The van der Waals surface area contributed by atoms with Crippen molar-refractivity contribution >= 4 is 5.91 Å². The molecule has 0 aliphatic heterocycles. The van der Waals surface area contributed by atoms with Gasteiger partial charge < -0.3 is 10.8 Å². The first-order valence-electron chi connectivity index (χ1n) is 5.38. The molecule has 1 atom stereocenters. The monoisotopic (exact) mass is 221 g/mol. The second kappa shape index (κ2) is 4.56. The fraction of sp³-hybridized carbons (Fsp3) is 0.462. The molecule has 0 aromatic heterocycles. The van der Waals surface area contributed by atoms with Gasteiger partial charge in [0.05, 0.1) is 0 Å². The van der Waals surface area contributed by atoms with Gasteiger partial charge in [0.2, 0.25) is 5.91 Å². The topological polar surface area (TPSA) is 63.3 Å². The van der Waals surface area contributed by atoms with E-state index in [1.165, 1.54) is 0 Å². The molecule has 3 heteroatoms. The van der Waals surface area contributed by atoms with Crippen molar-refractivity contribution in [3.8, 4) is 5.75 Å². The summed E-state index contributed by atoms with van der Waals surface area (Å²) in [6, 6.07) is 6.95. The van der Waals surface area contributed by atoms with Crippen molar-refractivity contribution in [2.45, 2.75) is 33.1 Å². The van der Waals surface area contributed by atoms with E-state index in [0.717, 1.165) is 5.56 Å². The summed E-state index contributed by atoms with van der Waals surface area (Å²) in [7, 11) is 0. The van der Waals surface area contributed by atoms with E-state index >= 15 is 0 Å². The Morgan fingerprint density at radius 2 is 1.81 bits per heavy atom. The van der Waals surface area contributed by atoms with Gasteiger partial charge in [-0.15, -0.1) is 0 Å². The van der Waals surface area contributed by atoms with Gasteiger partial charge in [0, 0.05) is 6.42 Å². The molecule has 0 bridgehead atoms. The van der Waals surface area contributed by atoms with Crippen LogP contribution < -0.4 is 5.73 Å². The van der Waals surface area contributed by atoms with Crippen molar-refractivity contribution in [3.05, 3.63) is 29.8 Å². The molecular formula is C13H19NO2. The van der Waals surface area contributed by atoms with Crippen LogP contribution in [0.4, 0.5) is 0 Å². The maximum atomic E-state index is 11.1.